The summed E-state index contributed by atoms with van der Waals surface area (Å²) in [5.41, 5.74) is 2.39. The Morgan fingerprint density at radius 1 is 1.21 bits per heavy atom. The molecule has 2 heterocycles. The zero-order valence-electron chi connectivity index (χ0n) is 12.3. The maximum atomic E-state index is 11.3. The molecule has 0 spiro atoms. The van der Waals surface area contributed by atoms with Gasteiger partial charge in [-0.2, -0.15) is 0 Å². The molecule has 1 fully saturated rings. The van der Waals surface area contributed by atoms with E-state index in [1.807, 2.05) is 11.1 Å². The minimum Gasteiger partial charge on any atom is -0.368 e. The third-order valence-corrected chi connectivity index (χ3v) is 3.60. The predicted octanol–water partition coefficient (Wildman–Crippen LogP) is 2.05. The average Bonchev–Trinajstić information content (AvgIpc) is 2.38. The second kappa shape index (κ2) is 5.19. The van der Waals surface area contributed by atoms with Crippen molar-refractivity contribution in [3.05, 3.63) is 24.0 Å². The van der Waals surface area contributed by atoms with Gasteiger partial charge in [-0.15, -0.1) is 0 Å². The van der Waals surface area contributed by atoms with Crippen molar-refractivity contribution in [2.75, 3.05) is 31.1 Å². The Balaban J connectivity index is 2.10. The van der Waals surface area contributed by atoms with Crippen LogP contribution in [0.4, 0.5) is 5.69 Å². The molecule has 2 rings (SSSR count). The van der Waals surface area contributed by atoms with Crippen molar-refractivity contribution in [3.63, 3.8) is 0 Å². The summed E-state index contributed by atoms with van der Waals surface area (Å²) in [5.74, 6) is 0.171. The minimum atomic E-state index is 0.0667. The molecule has 104 valence electrons. The van der Waals surface area contributed by atoms with Crippen LogP contribution in [0.25, 0.3) is 0 Å². The Labute approximate surface area is 115 Å². The molecule has 0 N–H and O–H groups in total. The van der Waals surface area contributed by atoms with E-state index in [4.69, 9.17) is 0 Å². The number of rotatable bonds is 1. The highest BCUT2D eigenvalue weighted by Gasteiger charge is 2.21. The van der Waals surface area contributed by atoms with Gasteiger partial charge in [-0.25, -0.2) is 0 Å². The van der Waals surface area contributed by atoms with E-state index in [2.05, 4.69) is 42.8 Å². The van der Waals surface area contributed by atoms with Gasteiger partial charge in [-0.1, -0.05) is 20.8 Å². The number of amides is 1. The number of carbonyl (C=O) groups is 1. The van der Waals surface area contributed by atoms with Gasteiger partial charge in [0.05, 0.1) is 0 Å². The van der Waals surface area contributed by atoms with Crippen LogP contribution in [0.2, 0.25) is 0 Å². The lowest BCUT2D eigenvalue weighted by atomic mass is 9.91. The molecule has 1 amide bonds. The van der Waals surface area contributed by atoms with E-state index >= 15 is 0 Å². The van der Waals surface area contributed by atoms with Crippen LogP contribution >= 0.6 is 0 Å². The summed E-state index contributed by atoms with van der Waals surface area (Å²) in [7, 11) is 0. The van der Waals surface area contributed by atoms with Crippen molar-refractivity contribution in [2.45, 2.75) is 33.1 Å². The van der Waals surface area contributed by atoms with Crippen molar-refractivity contribution in [2.24, 2.45) is 0 Å². The number of hydrogen-bond donors (Lipinski definition) is 0. The lowest BCUT2D eigenvalue weighted by Gasteiger charge is -2.36. The molecule has 1 aliphatic heterocycles. The quantitative estimate of drug-likeness (QED) is 0.776. The summed E-state index contributed by atoms with van der Waals surface area (Å²) in [5, 5.41) is 0. The molecular weight excluding hydrogens is 238 g/mol. The smallest absolute Gasteiger partial charge is 0.219 e. The first-order chi connectivity index (χ1) is 8.88. The van der Waals surface area contributed by atoms with Gasteiger partial charge in [0.15, 0.2) is 0 Å². The summed E-state index contributed by atoms with van der Waals surface area (Å²) < 4.78 is 0. The molecule has 0 aliphatic carbocycles. The molecule has 1 aromatic heterocycles. The number of carbonyl (C=O) groups excluding carboxylic acids is 1. The summed E-state index contributed by atoms with van der Waals surface area (Å²) in [4.78, 5) is 20.0. The second-order valence-electron chi connectivity index (χ2n) is 6.14. The molecule has 4 heteroatoms. The van der Waals surface area contributed by atoms with Crippen molar-refractivity contribution in [1.82, 2.24) is 9.88 Å². The first kappa shape index (κ1) is 13.8. The highest BCUT2D eigenvalue weighted by atomic mass is 16.2. The second-order valence-corrected chi connectivity index (χ2v) is 6.14. The van der Waals surface area contributed by atoms with E-state index in [9.17, 15) is 4.79 Å². The predicted molar refractivity (Wildman–Crippen MR) is 77.4 cm³/mol. The van der Waals surface area contributed by atoms with Gasteiger partial charge in [0.25, 0.3) is 0 Å². The van der Waals surface area contributed by atoms with Gasteiger partial charge in [0, 0.05) is 56.1 Å². The first-order valence-electron chi connectivity index (χ1n) is 6.85. The van der Waals surface area contributed by atoms with E-state index in [0.717, 1.165) is 31.9 Å². The Morgan fingerprint density at radius 2 is 1.84 bits per heavy atom. The van der Waals surface area contributed by atoms with Gasteiger partial charge in [0.1, 0.15) is 0 Å². The maximum Gasteiger partial charge on any atom is 0.219 e. The van der Waals surface area contributed by atoms with Crippen LogP contribution in [-0.4, -0.2) is 42.0 Å². The SMILES string of the molecule is CC(=O)N1CCN(c2ccnc(C(C)(C)C)c2)CC1. The molecule has 4 nitrogen and oxygen atoms in total. The van der Waals surface area contributed by atoms with E-state index in [1.54, 1.807) is 6.92 Å². The topological polar surface area (TPSA) is 36.4 Å². The van der Waals surface area contributed by atoms with Crippen LogP contribution in [0.1, 0.15) is 33.4 Å². The van der Waals surface area contributed by atoms with E-state index in [-0.39, 0.29) is 11.3 Å². The molecule has 1 saturated heterocycles. The molecular formula is C15H23N3O. The van der Waals surface area contributed by atoms with Crippen LogP contribution in [0.15, 0.2) is 18.3 Å². The summed E-state index contributed by atoms with van der Waals surface area (Å²) >= 11 is 0. The molecule has 0 saturated carbocycles. The van der Waals surface area contributed by atoms with Crippen molar-refractivity contribution >= 4 is 11.6 Å². The van der Waals surface area contributed by atoms with Gasteiger partial charge in [-0.3, -0.25) is 9.78 Å². The third kappa shape index (κ3) is 3.25. The fourth-order valence-corrected chi connectivity index (χ4v) is 2.31. The van der Waals surface area contributed by atoms with Crippen LogP contribution in [0.3, 0.4) is 0 Å². The van der Waals surface area contributed by atoms with Gasteiger partial charge >= 0.3 is 0 Å². The summed E-state index contributed by atoms with van der Waals surface area (Å²) in [6, 6.07) is 4.22. The molecule has 0 atom stereocenters. The van der Waals surface area contributed by atoms with Gasteiger partial charge in [0.2, 0.25) is 5.91 Å². The maximum absolute atomic E-state index is 11.3. The summed E-state index contributed by atoms with van der Waals surface area (Å²) in [6.45, 7) is 11.6. The minimum absolute atomic E-state index is 0.0667. The zero-order valence-corrected chi connectivity index (χ0v) is 12.3. The molecule has 1 aromatic rings. The Kier molecular flexibility index (Phi) is 3.78. The average molecular weight is 261 g/mol. The lowest BCUT2D eigenvalue weighted by Crippen LogP contribution is -2.48. The van der Waals surface area contributed by atoms with Crippen LogP contribution in [0.5, 0.6) is 0 Å². The number of nitrogens with zero attached hydrogens (tertiary/aromatic N) is 3. The monoisotopic (exact) mass is 261 g/mol. The molecule has 1 aliphatic rings. The highest BCUT2D eigenvalue weighted by molar-refractivity contribution is 5.73. The van der Waals surface area contributed by atoms with Crippen LogP contribution in [0, 0.1) is 0 Å². The highest BCUT2D eigenvalue weighted by Crippen LogP contribution is 2.24. The Bertz CT molecular complexity index is 457. The number of piperazine rings is 1. The Hall–Kier alpha value is -1.58. The first-order valence-corrected chi connectivity index (χ1v) is 6.85. The van der Waals surface area contributed by atoms with Crippen LogP contribution in [-0.2, 0) is 10.2 Å². The normalized spacial score (nSPS) is 16.6. The van der Waals surface area contributed by atoms with Crippen molar-refractivity contribution in [3.8, 4) is 0 Å². The summed E-state index contributed by atoms with van der Waals surface area (Å²) in [6.07, 6.45) is 1.88. The van der Waals surface area contributed by atoms with Crippen LogP contribution < -0.4 is 4.90 Å². The third-order valence-electron chi connectivity index (χ3n) is 3.60. The zero-order chi connectivity index (χ0) is 14.0. The number of pyridine rings is 1. The molecule has 0 unspecified atom stereocenters. The number of anilines is 1. The van der Waals surface area contributed by atoms with Crippen molar-refractivity contribution < 1.29 is 4.79 Å². The van der Waals surface area contributed by atoms with E-state index in [1.165, 1.54) is 5.69 Å². The lowest BCUT2D eigenvalue weighted by molar-refractivity contribution is -0.129. The Morgan fingerprint density at radius 3 is 2.37 bits per heavy atom. The number of aromatic nitrogens is 1. The molecule has 0 radical (unpaired) electrons. The largest absolute Gasteiger partial charge is 0.368 e. The van der Waals surface area contributed by atoms with Gasteiger partial charge < -0.3 is 9.80 Å². The molecule has 0 bridgehead atoms. The molecule has 19 heavy (non-hydrogen) atoms. The van der Waals surface area contributed by atoms with Gasteiger partial charge in [-0.05, 0) is 12.1 Å². The molecule has 0 aromatic carbocycles. The fourth-order valence-electron chi connectivity index (χ4n) is 2.31. The van der Waals surface area contributed by atoms with Crippen molar-refractivity contribution in [1.29, 1.82) is 0 Å². The fraction of sp³-hybridized carbons (Fsp3) is 0.600. The number of hydrogen-bond acceptors (Lipinski definition) is 3. The van der Waals surface area contributed by atoms with E-state index < -0.39 is 0 Å². The standard InChI is InChI=1S/C15H23N3O/c1-12(19)17-7-9-18(10-8-17)13-5-6-16-14(11-13)15(2,3)4/h5-6,11H,7-10H2,1-4H3. The van der Waals surface area contributed by atoms with E-state index in [0.29, 0.717) is 0 Å².